The molecule has 100 valence electrons. The Morgan fingerprint density at radius 3 is 2.94 bits per heavy atom. The van der Waals surface area contributed by atoms with Gasteiger partial charge in [-0.1, -0.05) is 0 Å². The van der Waals surface area contributed by atoms with Crippen LogP contribution < -0.4 is 5.32 Å². The average molecular weight is 254 g/mol. The molecule has 0 aliphatic carbocycles. The summed E-state index contributed by atoms with van der Waals surface area (Å²) in [5.41, 5.74) is 0.685. The third kappa shape index (κ3) is 3.56. The smallest absolute Gasteiger partial charge is 0.372 e. The lowest BCUT2D eigenvalue weighted by Gasteiger charge is -2.26. The molecular formula is C12H18N2O4. The molecular weight excluding hydrogens is 236 g/mol. The molecule has 0 atom stereocenters. The number of nitrogens with one attached hydrogen (secondary N) is 1. The van der Waals surface area contributed by atoms with Crippen LogP contribution in [0.4, 0.5) is 0 Å². The molecule has 2 rings (SSSR count). The van der Waals surface area contributed by atoms with Gasteiger partial charge < -0.3 is 19.6 Å². The Balaban J connectivity index is 1.68. The summed E-state index contributed by atoms with van der Waals surface area (Å²) in [5, 5.41) is 12.1. The van der Waals surface area contributed by atoms with Crippen molar-refractivity contribution in [3.05, 3.63) is 23.7 Å². The van der Waals surface area contributed by atoms with Gasteiger partial charge in [-0.25, -0.2) is 4.79 Å². The molecule has 1 aliphatic heterocycles. The Kier molecular flexibility index (Phi) is 4.74. The quantitative estimate of drug-likeness (QED) is 0.716. The van der Waals surface area contributed by atoms with Gasteiger partial charge in [0.05, 0.1) is 19.5 Å². The number of ether oxygens (including phenoxy) is 1. The van der Waals surface area contributed by atoms with E-state index in [1.165, 1.54) is 6.26 Å². The first kappa shape index (κ1) is 13.1. The summed E-state index contributed by atoms with van der Waals surface area (Å²) in [5.74, 6) is -1.00. The monoisotopic (exact) mass is 254 g/mol. The van der Waals surface area contributed by atoms with E-state index >= 15 is 0 Å². The van der Waals surface area contributed by atoms with Crippen molar-refractivity contribution in [1.29, 1.82) is 0 Å². The first-order chi connectivity index (χ1) is 8.77. The molecule has 2 heterocycles. The van der Waals surface area contributed by atoms with Crippen LogP contribution in [0.15, 0.2) is 16.7 Å². The van der Waals surface area contributed by atoms with Crippen molar-refractivity contribution in [2.45, 2.75) is 6.54 Å². The summed E-state index contributed by atoms with van der Waals surface area (Å²) >= 11 is 0. The van der Waals surface area contributed by atoms with Gasteiger partial charge in [0.1, 0.15) is 0 Å². The molecule has 1 aromatic rings. The van der Waals surface area contributed by atoms with Crippen molar-refractivity contribution in [3.63, 3.8) is 0 Å². The molecule has 0 spiro atoms. The topological polar surface area (TPSA) is 74.9 Å². The fourth-order valence-electron chi connectivity index (χ4n) is 1.95. The predicted octanol–water partition coefficient (Wildman–Crippen LogP) is 0.400. The highest BCUT2D eigenvalue weighted by molar-refractivity contribution is 5.86. The fourth-order valence-corrected chi connectivity index (χ4v) is 1.95. The van der Waals surface area contributed by atoms with Crippen molar-refractivity contribution in [2.75, 3.05) is 39.4 Å². The molecule has 0 radical (unpaired) electrons. The van der Waals surface area contributed by atoms with Crippen LogP contribution >= 0.6 is 0 Å². The number of furan rings is 1. The Bertz CT molecular complexity index is 385. The van der Waals surface area contributed by atoms with Gasteiger partial charge >= 0.3 is 5.97 Å². The minimum absolute atomic E-state index is 0.0221. The van der Waals surface area contributed by atoms with Gasteiger partial charge in [-0.05, 0) is 6.07 Å². The second-order valence-electron chi connectivity index (χ2n) is 4.21. The molecule has 6 nitrogen and oxygen atoms in total. The number of aromatic carboxylic acids is 1. The Labute approximate surface area is 106 Å². The molecule has 1 aromatic heterocycles. The Morgan fingerprint density at radius 2 is 2.22 bits per heavy atom. The van der Waals surface area contributed by atoms with Gasteiger partial charge in [0.2, 0.25) is 5.76 Å². The first-order valence-corrected chi connectivity index (χ1v) is 6.08. The largest absolute Gasteiger partial charge is 0.475 e. The van der Waals surface area contributed by atoms with Gasteiger partial charge in [0.25, 0.3) is 0 Å². The number of hydrogen-bond donors (Lipinski definition) is 2. The van der Waals surface area contributed by atoms with Gasteiger partial charge in [0, 0.05) is 38.3 Å². The van der Waals surface area contributed by atoms with Gasteiger partial charge in [-0.15, -0.1) is 0 Å². The van der Waals surface area contributed by atoms with Gasteiger partial charge in [-0.2, -0.15) is 0 Å². The standard InChI is InChI=1S/C12H18N2O4/c15-12(16)11-10(1-6-18-11)9-13-2-3-14-4-7-17-8-5-14/h1,6,13H,2-5,7-9H2,(H,15,16). The third-order valence-electron chi connectivity index (χ3n) is 2.96. The number of hydrogen-bond acceptors (Lipinski definition) is 5. The molecule has 0 unspecified atom stereocenters. The molecule has 0 bridgehead atoms. The average Bonchev–Trinajstić information content (AvgIpc) is 2.84. The van der Waals surface area contributed by atoms with Crippen molar-refractivity contribution in [2.24, 2.45) is 0 Å². The van der Waals surface area contributed by atoms with E-state index in [-0.39, 0.29) is 5.76 Å². The third-order valence-corrected chi connectivity index (χ3v) is 2.96. The molecule has 2 N–H and O–H groups in total. The number of carboxylic acids is 1. The van der Waals surface area contributed by atoms with E-state index in [2.05, 4.69) is 10.2 Å². The summed E-state index contributed by atoms with van der Waals surface area (Å²) < 4.78 is 10.2. The van der Waals surface area contributed by atoms with E-state index in [1.54, 1.807) is 6.07 Å². The number of morpholine rings is 1. The molecule has 0 saturated carbocycles. The van der Waals surface area contributed by atoms with E-state index in [9.17, 15) is 4.79 Å². The Morgan fingerprint density at radius 1 is 1.44 bits per heavy atom. The normalized spacial score (nSPS) is 16.9. The molecule has 1 aliphatic rings. The van der Waals surface area contributed by atoms with Crippen molar-refractivity contribution < 1.29 is 19.1 Å². The van der Waals surface area contributed by atoms with Crippen LogP contribution in [0, 0.1) is 0 Å². The molecule has 0 amide bonds. The van der Waals surface area contributed by atoms with E-state index in [1.807, 2.05) is 0 Å². The van der Waals surface area contributed by atoms with Crippen molar-refractivity contribution in [3.8, 4) is 0 Å². The van der Waals surface area contributed by atoms with Crippen LogP contribution in [0.2, 0.25) is 0 Å². The summed E-state index contributed by atoms with van der Waals surface area (Å²) in [6, 6.07) is 1.69. The molecule has 18 heavy (non-hydrogen) atoms. The van der Waals surface area contributed by atoms with E-state index in [4.69, 9.17) is 14.3 Å². The highest BCUT2D eigenvalue weighted by Gasteiger charge is 2.13. The second-order valence-corrected chi connectivity index (χ2v) is 4.21. The van der Waals surface area contributed by atoms with Crippen LogP contribution in [0.25, 0.3) is 0 Å². The summed E-state index contributed by atoms with van der Waals surface area (Å²) in [7, 11) is 0. The van der Waals surface area contributed by atoms with E-state index in [0.717, 1.165) is 39.4 Å². The van der Waals surface area contributed by atoms with E-state index < -0.39 is 5.97 Å². The Hall–Kier alpha value is -1.37. The van der Waals surface area contributed by atoms with Crippen LogP contribution in [-0.4, -0.2) is 55.4 Å². The number of nitrogens with zero attached hydrogens (tertiary/aromatic N) is 1. The molecule has 1 saturated heterocycles. The lowest BCUT2D eigenvalue weighted by atomic mass is 10.2. The lowest BCUT2D eigenvalue weighted by molar-refractivity contribution is 0.0384. The maximum atomic E-state index is 10.8. The maximum Gasteiger partial charge on any atom is 0.372 e. The zero-order chi connectivity index (χ0) is 12.8. The molecule has 1 fully saturated rings. The number of rotatable bonds is 6. The van der Waals surface area contributed by atoms with Crippen LogP contribution in [0.3, 0.4) is 0 Å². The van der Waals surface area contributed by atoms with Crippen molar-refractivity contribution in [1.82, 2.24) is 10.2 Å². The predicted molar refractivity (Wildman–Crippen MR) is 64.6 cm³/mol. The molecule has 0 aromatic carbocycles. The van der Waals surface area contributed by atoms with Crippen molar-refractivity contribution >= 4 is 5.97 Å². The summed E-state index contributed by atoms with van der Waals surface area (Å²) in [6.07, 6.45) is 1.41. The van der Waals surface area contributed by atoms with Crippen LogP contribution in [0.5, 0.6) is 0 Å². The number of carbonyl (C=O) groups is 1. The minimum Gasteiger partial charge on any atom is -0.475 e. The van der Waals surface area contributed by atoms with Gasteiger partial charge in [-0.3, -0.25) is 4.90 Å². The second kappa shape index (κ2) is 6.53. The number of carboxylic acid groups (broad SMARTS) is 1. The van der Waals surface area contributed by atoms with E-state index in [0.29, 0.717) is 12.1 Å². The fraction of sp³-hybridized carbons (Fsp3) is 0.583. The molecule has 6 heteroatoms. The summed E-state index contributed by atoms with van der Waals surface area (Å²) in [6.45, 7) is 5.81. The first-order valence-electron chi connectivity index (χ1n) is 6.08. The lowest BCUT2D eigenvalue weighted by Crippen LogP contribution is -2.40. The maximum absolute atomic E-state index is 10.8. The summed E-state index contributed by atoms with van der Waals surface area (Å²) in [4.78, 5) is 13.1. The van der Waals surface area contributed by atoms with Crippen LogP contribution in [-0.2, 0) is 11.3 Å². The SMILES string of the molecule is O=C(O)c1occc1CNCCN1CCOCC1. The van der Waals surface area contributed by atoms with Crippen LogP contribution in [0.1, 0.15) is 16.1 Å². The zero-order valence-electron chi connectivity index (χ0n) is 10.2. The highest BCUT2D eigenvalue weighted by Crippen LogP contribution is 2.09. The highest BCUT2D eigenvalue weighted by atomic mass is 16.5. The minimum atomic E-state index is -1.02. The zero-order valence-corrected chi connectivity index (χ0v) is 10.2. The van der Waals surface area contributed by atoms with Gasteiger partial charge in [0.15, 0.2) is 0 Å².